The fourth-order valence-corrected chi connectivity index (χ4v) is 4.48. The maximum Gasteiger partial charge on any atom is 0.328 e. The van der Waals surface area contributed by atoms with Gasteiger partial charge in [0.1, 0.15) is 24.2 Å². The second-order valence-corrected chi connectivity index (χ2v) is 10.7. The predicted octanol–water partition coefficient (Wildman–Crippen LogP) is -4.07. The minimum Gasteiger partial charge on any atom is -0.481 e. The molecule has 5 amide bonds. The molecule has 7 atom stereocenters. The average molecular weight is 661 g/mol. The molecule has 0 aliphatic carbocycles. The van der Waals surface area contributed by atoms with Crippen molar-refractivity contribution in [1.29, 1.82) is 0 Å². The second-order valence-electron chi connectivity index (χ2n) is 10.7. The number of amides is 5. The van der Waals surface area contributed by atoms with Crippen LogP contribution in [-0.4, -0.2) is 133 Å². The number of carbonyl (C=O) groups excluding carboxylic acids is 5. The fourth-order valence-electron chi connectivity index (χ4n) is 4.48. The van der Waals surface area contributed by atoms with Crippen molar-refractivity contribution in [2.24, 2.45) is 5.73 Å². The largest absolute Gasteiger partial charge is 0.481 e. The molecule has 0 saturated carbocycles. The van der Waals surface area contributed by atoms with Gasteiger partial charge in [0, 0.05) is 19.4 Å². The van der Waals surface area contributed by atoms with Crippen LogP contribution < -0.4 is 27.0 Å². The number of aliphatic hydroxyl groups excluding tert-OH is 1. The number of carboxylic acid groups (broad SMARTS) is 4. The van der Waals surface area contributed by atoms with Gasteiger partial charge in [0.05, 0.1) is 18.6 Å². The van der Waals surface area contributed by atoms with Crippen molar-refractivity contribution in [2.75, 3.05) is 6.54 Å². The highest BCUT2D eigenvalue weighted by Crippen LogP contribution is 2.19. The number of rotatable bonds is 19. The third-order valence-corrected chi connectivity index (χ3v) is 6.85. The Balaban J connectivity index is 3.22. The molecule has 20 heteroatoms. The molecule has 258 valence electrons. The van der Waals surface area contributed by atoms with E-state index in [9.17, 15) is 58.5 Å². The van der Waals surface area contributed by atoms with Crippen LogP contribution in [0.4, 0.5) is 0 Å². The molecule has 20 nitrogen and oxygen atoms in total. The van der Waals surface area contributed by atoms with Crippen molar-refractivity contribution in [3.63, 3.8) is 0 Å². The molecule has 0 spiro atoms. The zero-order chi connectivity index (χ0) is 35.3. The first kappa shape index (κ1) is 39.2. The van der Waals surface area contributed by atoms with Crippen molar-refractivity contribution in [3.05, 3.63) is 0 Å². The number of nitrogens with two attached hydrogens (primary N) is 1. The van der Waals surface area contributed by atoms with E-state index in [1.165, 1.54) is 11.8 Å². The van der Waals surface area contributed by atoms with Gasteiger partial charge in [-0.25, -0.2) is 4.79 Å². The van der Waals surface area contributed by atoms with E-state index in [1.54, 1.807) is 0 Å². The van der Waals surface area contributed by atoms with Gasteiger partial charge < -0.3 is 57.4 Å². The highest BCUT2D eigenvalue weighted by atomic mass is 16.4. The van der Waals surface area contributed by atoms with Crippen LogP contribution in [0.25, 0.3) is 0 Å². The van der Waals surface area contributed by atoms with Gasteiger partial charge in [-0.2, -0.15) is 0 Å². The minimum absolute atomic E-state index is 0.201. The quantitative estimate of drug-likeness (QED) is 0.0630. The maximum atomic E-state index is 13.2. The lowest BCUT2D eigenvalue weighted by atomic mass is 10.1. The van der Waals surface area contributed by atoms with Gasteiger partial charge in [0.15, 0.2) is 6.04 Å². The Bertz CT molecular complexity index is 1190. The second kappa shape index (κ2) is 18.2. The number of aliphatic hydroxyl groups is 1. The molecule has 1 fully saturated rings. The maximum absolute atomic E-state index is 13.2. The lowest BCUT2D eigenvalue weighted by molar-refractivity contribution is -0.146. The third-order valence-electron chi connectivity index (χ3n) is 6.85. The number of nitrogens with zero attached hydrogens (tertiary/aromatic N) is 1. The van der Waals surface area contributed by atoms with E-state index < -0.39 is 128 Å². The minimum atomic E-state index is -1.95. The molecule has 0 aromatic rings. The number of carboxylic acids is 4. The number of aliphatic carboxylic acids is 4. The first-order valence-electron chi connectivity index (χ1n) is 14.2. The molecule has 0 unspecified atom stereocenters. The van der Waals surface area contributed by atoms with E-state index >= 15 is 0 Å². The fraction of sp³-hybridized carbons (Fsp3) is 0.654. The van der Waals surface area contributed by atoms with Crippen molar-refractivity contribution >= 4 is 53.4 Å². The lowest BCUT2D eigenvalue weighted by Gasteiger charge is -2.28. The summed E-state index contributed by atoms with van der Waals surface area (Å²) in [5.41, 5.74) is 5.64. The number of hydrogen-bond acceptors (Lipinski definition) is 11. The van der Waals surface area contributed by atoms with Crippen LogP contribution in [0.15, 0.2) is 0 Å². The molecule has 1 aliphatic heterocycles. The topological polar surface area (TPSA) is 332 Å². The van der Waals surface area contributed by atoms with Gasteiger partial charge in [-0.15, -0.1) is 0 Å². The van der Waals surface area contributed by atoms with Crippen LogP contribution in [0, 0.1) is 0 Å². The van der Waals surface area contributed by atoms with Crippen molar-refractivity contribution in [2.45, 2.75) is 101 Å². The predicted molar refractivity (Wildman–Crippen MR) is 151 cm³/mol. The highest BCUT2D eigenvalue weighted by molar-refractivity contribution is 5.97. The van der Waals surface area contributed by atoms with Gasteiger partial charge >= 0.3 is 23.9 Å². The van der Waals surface area contributed by atoms with Crippen molar-refractivity contribution in [1.82, 2.24) is 26.2 Å². The molecular weight excluding hydrogens is 620 g/mol. The summed E-state index contributed by atoms with van der Waals surface area (Å²) in [5.74, 6) is -11.1. The van der Waals surface area contributed by atoms with E-state index in [0.29, 0.717) is 6.42 Å². The Hall–Kier alpha value is -4.85. The highest BCUT2D eigenvalue weighted by Gasteiger charge is 2.38. The summed E-state index contributed by atoms with van der Waals surface area (Å²) in [6.07, 6.45) is -4.54. The SMILES string of the molecule is C[C@H](N)C(=O)N1CCC[C@H]1C(=O)N[C@@H](CCC(=O)O)C(=O)N[C@@H](CC(=O)O)C(=O)N[C@@H](CCC(=O)O)C(=O)N[C@H](C(=O)O)[C@@H](C)O. The summed E-state index contributed by atoms with van der Waals surface area (Å²) >= 11 is 0. The van der Waals surface area contributed by atoms with Crippen LogP contribution in [-0.2, 0) is 43.2 Å². The normalized spacial score (nSPS) is 18.1. The Morgan fingerprint density at radius 1 is 0.739 bits per heavy atom. The van der Waals surface area contributed by atoms with Gasteiger partial charge in [-0.3, -0.25) is 38.4 Å². The molecule has 0 aromatic carbocycles. The molecule has 0 aromatic heterocycles. The molecule has 0 bridgehead atoms. The van der Waals surface area contributed by atoms with Crippen LogP contribution >= 0.6 is 0 Å². The van der Waals surface area contributed by atoms with E-state index in [4.69, 9.17) is 15.9 Å². The van der Waals surface area contributed by atoms with Crippen molar-refractivity contribution in [3.8, 4) is 0 Å². The zero-order valence-corrected chi connectivity index (χ0v) is 25.1. The lowest BCUT2D eigenvalue weighted by Crippen LogP contribution is -2.59. The monoisotopic (exact) mass is 660 g/mol. The Kier molecular flexibility index (Phi) is 15.5. The number of likely N-dealkylation sites (tertiary alicyclic amines) is 1. The molecule has 1 aliphatic rings. The van der Waals surface area contributed by atoms with Crippen LogP contribution in [0.5, 0.6) is 0 Å². The van der Waals surface area contributed by atoms with Crippen molar-refractivity contribution < 1.29 is 68.7 Å². The average Bonchev–Trinajstić information content (AvgIpc) is 3.44. The summed E-state index contributed by atoms with van der Waals surface area (Å²) < 4.78 is 0. The molecule has 1 rings (SSSR count). The first-order chi connectivity index (χ1) is 21.3. The summed E-state index contributed by atoms with van der Waals surface area (Å²) in [7, 11) is 0. The van der Waals surface area contributed by atoms with Crippen LogP contribution in [0.1, 0.15) is 58.8 Å². The summed E-state index contributed by atoms with van der Waals surface area (Å²) in [4.78, 5) is 111. The number of hydrogen-bond donors (Lipinski definition) is 10. The summed E-state index contributed by atoms with van der Waals surface area (Å²) in [5, 5.41) is 54.8. The Morgan fingerprint density at radius 3 is 1.67 bits per heavy atom. The third kappa shape index (κ3) is 12.6. The van der Waals surface area contributed by atoms with Gasteiger partial charge in [0.25, 0.3) is 0 Å². The molecular formula is C26H40N6O14. The molecule has 1 heterocycles. The first-order valence-corrected chi connectivity index (χ1v) is 14.2. The molecule has 0 radical (unpaired) electrons. The summed E-state index contributed by atoms with van der Waals surface area (Å²) in [6.45, 7) is 2.66. The van der Waals surface area contributed by atoms with Gasteiger partial charge in [0.2, 0.25) is 29.5 Å². The van der Waals surface area contributed by atoms with Crippen LogP contribution in [0.2, 0.25) is 0 Å². The number of carbonyl (C=O) groups is 9. The van der Waals surface area contributed by atoms with E-state index in [1.807, 2.05) is 5.32 Å². The van der Waals surface area contributed by atoms with Gasteiger partial charge in [-0.05, 0) is 39.5 Å². The zero-order valence-electron chi connectivity index (χ0n) is 25.1. The molecule has 46 heavy (non-hydrogen) atoms. The standard InChI is InChI=1S/C26H40N6O14/c1-11(27)25(44)32-9-3-4-16(32)24(43)29-13(5-7-17(34)35)21(40)30-15(10-19(38)39)23(42)28-14(6-8-18(36)37)22(41)31-20(12(2)33)26(45)46/h11-16,20,33H,3-10,27H2,1-2H3,(H,28,42)(H,29,43)(H,30,40)(H,31,41)(H,34,35)(H,36,37)(H,38,39)(H,45,46)/t11-,12+,13-,14-,15-,16-,20-/m0/s1. The van der Waals surface area contributed by atoms with Crippen LogP contribution in [0.3, 0.4) is 0 Å². The molecule has 11 N–H and O–H groups in total. The van der Waals surface area contributed by atoms with E-state index in [2.05, 4.69) is 16.0 Å². The Morgan fingerprint density at radius 2 is 1.22 bits per heavy atom. The van der Waals surface area contributed by atoms with Gasteiger partial charge in [-0.1, -0.05) is 0 Å². The van der Waals surface area contributed by atoms with E-state index in [-0.39, 0.29) is 13.0 Å². The summed E-state index contributed by atoms with van der Waals surface area (Å²) in [6, 6.07) is -9.18. The molecule has 1 saturated heterocycles. The number of nitrogens with one attached hydrogen (secondary N) is 4. The Labute approximate surface area is 262 Å². The smallest absolute Gasteiger partial charge is 0.328 e. The van der Waals surface area contributed by atoms with E-state index in [0.717, 1.165) is 6.92 Å².